The quantitative estimate of drug-likeness (QED) is 0.597. The number of ether oxygens (including phenoxy) is 2. The molecule has 2 aromatic rings. The summed E-state index contributed by atoms with van der Waals surface area (Å²) in [5.74, 6) is -0.503. The van der Waals surface area contributed by atoms with Gasteiger partial charge in [-0.1, -0.05) is 0 Å². The smallest absolute Gasteiger partial charge is 0.321 e. The molecule has 4 rings (SSSR count). The predicted octanol–water partition coefficient (Wildman–Crippen LogP) is 2.38. The topological polar surface area (TPSA) is 115 Å². The third kappa shape index (κ3) is 4.47. The molecule has 36 heavy (non-hydrogen) atoms. The Balaban J connectivity index is 1.65. The summed E-state index contributed by atoms with van der Waals surface area (Å²) in [4.78, 5) is 28.0. The van der Waals surface area contributed by atoms with E-state index in [0.717, 1.165) is 12.7 Å². The molecule has 2 aliphatic heterocycles. The number of carbonyl (C=O) groups is 1. The van der Waals surface area contributed by atoms with Crippen LogP contribution in [0.1, 0.15) is 52.3 Å². The summed E-state index contributed by atoms with van der Waals surface area (Å²) in [6.45, 7) is 12.7. The highest BCUT2D eigenvalue weighted by atomic mass is 19.1. The number of nitrogens with two attached hydrogens (primary N) is 1. The molecular formula is C24H37FN8O3. The van der Waals surface area contributed by atoms with Gasteiger partial charge in [0.1, 0.15) is 0 Å². The van der Waals surface area contributed by atoms with Crippen LogP contribution in [0.5, 0.6) is 6.01 Å². The second-order valence-electron chi connectivity index (χ2n) is 10.7. The van der Waals surface area contributed by atoms with Gasteiger partial charge in [-0.3, -0.25) is 4.90 Å². The summed E-state index contributed by atoms with van der Waals surface area (Å²) in [5, 5.41) is 4.39. The summed E-state index contributed by atoms with van der Waals surface area (Å²) in [6, 6.07) is -0.00953. The Morgan fingerprint density at radius 2 is 2.00 bits per heavy atom. The molecule has 198 valence electrons. The number of amides is 2. The molecule has 0 aliphatic carbocycles. The SMILES string of the molecule is COCCCOc1ncc(F)c(-n2nc(N)c3c2C(C)(C)N(C(=O)N2CC(C)(C)N(C)C[C@@H]2C)C3)n1. The van der Waals surface area contributed by atoms with Gasteiger partial charge in [-0.2, -0.15) is 4.98 Å². The zero-order valence-corrected chi connectivity index (χ0v) is 22.2. The number of fused-ring (bicyclic) bond motifs is 1. The number of anilines is 1. The van der Waals surface area contributed by atoms with Gasteiger partial charge in [-0.15, -0.1) is 5.10 Å². The Morgan fingerprint density at radius 3 is 2.69 bits per heavy atom. The Morgan fingerprint density at radius 1 is 1.28 bits per heavy atom. The van der Waals surface area contributed by atoms with E-state index in [1.54, 1.807) is 12.0 Å². The van der Waals surface area contributed by atoms with E-state index in [9.17, 15) is 9.18 Å². The van der Waals surface area contributed by atoms with Gasteiger partial charge in [0.2, 0.25) is 0 Å². The van der Waals surface area contributed by atoms with Crippen molar-refractivity contribution in [1.82, 2.24) is 34.4 Å². The van der Waals surface area contributed by atoms with Crippen LogP contribution in [0, 0.1) is 5.82 Å². The summed E-state index contributed by atoms with van der Waals surface area (Å²) in [5.41, 5.74) is 6.62. The van der Waals surface area contributed by atoms with Crippen LogP contribution in [0.15, 0.2) is 6.20 Å². The lowest BCUT2D eigenvalue weighted by molar-refractivity contribution is 0.00679. The summed E-state index contributed by atoms with van der Waals surface area (Å²) in [7, 11) is 3.69. The van der Waals surface area contributed by atoms with E-state index in [1.165, 1.54) is 4.68 Å². The highest BCUT2D eigenvalue weighted by Gasteiger charge is 2.49. The molecule has 12 heteroatoms. The van der Waals surface area contributed by atoms with E-state index >= 15 is 0 Å². The van der Waals surface area contributed by atoms with E-state index in [-0.39, 0.29) is 41.8 Å². The van der Waals surface area contributed by atoms with Crippen molar-refractivity contribution in [3.8, 4) is 11.8 Å². The Bertz CT molecular complexity index is 1130. The average molecular weight is 505 g/mol. The summed E-state index contributed by atoms with van der Waals surface area (Å²) in [6.07, 6.45) is 1.69. The molecule has 11 nitrogen and oxygen atoms in total. The molecule has 1 saturated heterocycles. The van der Waals surface area contributed by atoms with Crippen molar-refractivity contribution in [2.45, 2.75) is 64.7 Å². The van der Waals surface area contributed by atoms with Crippen LogP contribution in [0.2, 0.25) is 0 Å². The van der Waals surface area contributed by atoms with Gasteiger partial charge in [0.15, 0.2) is 17.5 Å². The van der Waals surface area contributed by atoms with Crippen molar-refractivity contribution in [3.63, 3.8) is 0 Å². The van der Waals surface area contributed by atoms with E-state index in [0.29, 0.717) is 37.4 Å². The number of carbonyl (C=O) groups excluding carboxylic acids is 1. The third-order valence-electron chi connectivity index (χ3n) is 7.35. The molecule has 0 saturated carbocycles. The van der Waals surface area contributed by atoms with Gasteiger partial charge in [0.25, 0.3) is 0 Å². The molecule has 0 aromatic carbocycles. The summed E-state index contributed by atoms with van der Waals surface area (Å²) < 4.78 is 26.9. The van der Waals surface area contributed by atoms with E-state index in [2.05, 4.69) is 47.8 Å². The number of rotatable bonds is 6. The van der Waals surface area contributed by atoms with Crippen LogP contribution in [0.4, 0.5) is 15.0 Å². The third-order valence-corrected chi connectivity index (χ3v) is 7.35. The monoisotopic (exact) mass is 504 g/mol. The van der Waals surface area contributed by atoms with Gasteiger partial charge < -0.3 is 25.0 Å². The molecule has 0 radical (unpaired) electrons. The average Bonchev–Trinajstić information content (AvgIpc) is 3.29. The molecular weight excluding hydrogens is 467 g/mol. The minimum Gasteiger partial charge on any atom is -0.463 e. The molecule has 2 aromatic heterocycles. The van der Waals surface area contributed by atoms with Crippen LogP contribution >= 0.6 is 0 Å². The van der Waals surface area contributed by atoms with Gasteiger partial charge in [0, 0.05) is 50.4 Å². The van der Waals surface area contributed by atoms with Crippen molar-refractivity contribution >= 4 is 11.8 Å². The molecule has 4 heterocycles. The number of likely N-dealkylation sites (N-methyl/N-ethyl adjacent to an activating group) is 1. The van der Waals surface area contributed by atoms with E-state index in [4.69, 9.17) is 15.2 Å². The number of urea groups is 1. The first-order chi connectivity index (χ1) is 16.9. The molecule has 2 aliphatic rings. The van der Waals surface area contributed by atoms with Gasteiger partial charge in [-0.05, 0) is 41.7 Å². The maximum absolute atomic E-state index is 15.0. The van der Waals surface area contributed by atoms with Crippen LogP contribution < -0.4 is 10.5 Å². The van der Waals surface area contributed by atoms with Crippen molar-refractivity contribution in [2.75, 3.05) is 46.2 Å². The molecule has 1 atom stereocenters. The van der Waals surface area contributed by atoms with E-state index < -0.39 is 11.4 Å². The zero-order chi connectivity index (χ0) is 26.4. The van der Waals surface area contributed by atoms with Crippen molar-refractivity contribution < 1.29 is 18.7 Å². The van der Waals surface area contributed by atoms with Gasteiger partial charge in [-0.25, -0.2) is 18.9 Å². The minimum atomic E-state index is -0.818. The molecule has 0 bridgehead atoms. The molecule has 0 spiro atoms. The lowest BCUT2D eigenvalue weighted by Gasteiger charge is -2.50. The summed E-state index contributed by atoms with van der Waals surface area (Å²) >= 11 is 0. The lowest BCUT2D eigenvalue weighted by atomic mass is 9.96. The number of hydrogen-bond donors (Lipinski definition) is 1. The zero-order valence-electron chi connectivity index (χ0n) is 22.2. The van der Waals surface area contributed by atoms with Crippen LogP contribution in [-0.2, 0) is 16.8 Å². The number of nitrogen functional groups attached to an aromatic ring is 1. The number of halogens is 1. The standard InChI is InChI=1S/C24H37FN8O3/c1-15-12-30(6)23(2,3)14-31(15)22(34)32-13-16-18(24(32,4)5)33(29-19(16)26)20-17(25)11-27-21(28-20)36-10-8-9-35-7/h11,15H,8-10,12-14H2,1-7H3,(H2,26,29)/t15-/m0/s1. The molecule has 2 amide bonds. The number of methoxy groups -OCH3 is 1. The predicted molar refractivity (Wildman–Crippen MR) is 132 cm³/mol. The minimum absolute atomic E-state index is 0.0301. The second-order valence-corrected chi connectivity index (χ2v) is 10.7. The number of aromatic nitrogens is 4. The number of nitrogens with zero attached hydrogens (tertiary/aromatic N) is 7. The first kappa shape index (κ1) is 26.1. The van der Waals surface area contributed by atoms with Gasteiger partial charge >= 0.3 is 12.0 Å². The normalized spacial score (nSPS) is 21.1. The molecule has 1 fully saturated rings. The largest absolute Gasteiger partial charge is 0.463 e. The second kappa shape index (κ2) is 9.47. The van der Waals surface area contributed by atoms with Crippen molar-refractivity contribution in [1.29, 1.82) is 0 Å². The molecule has 0 unspecified atom stereocenters. The highest BCUT2D eigenvalue weighted by Crippen LogP contribution is 2.43. The van der Waals surface area contributed by atoms with Crippen LogP contribution in [0.25, 0.3) is 5.82 Å². The fraction of sp³-hybridized carbons (Fsp3) is 0.667. The number of piperazine rings is 1. The molecule has 2 N–H and O–H groups in total. The Hall–Kier alpha value is -2.99. The maximum Gasteiger partial charge on any atom is 0.321 e. The lowest BCUT2D eigenvalue weighted by Crippen LogP contribution is -2.65. The van der Waals surface area contributed by atoms with Crippen LogP contribution in [-0.4, -0.2) is 92.5 Å². The van der Waals surface area contributed by atoms with Crippen molar-refractivity contribution in [3.05, 3.63) is 23.3 Å². The Kier molecular flexibility index (Phi) is 6.86. The van der Waals surface area contributed by atoms with E-state index in [1.807, 2.05) is 18.7 Å². The highest BCUT2D eigenvalue weighted by molar-refractivity contribution is 5.78. The first-order valence-corrected chi connectivity index (χ1v) is 12.2. The van der Waals surface area contributed by atoms with Crippen LogP contribution in [0.3, 0.4) is 0 Å². The van der Waals surface area contributed by atoms with Crippen molar-refractivity contribution in [2.24, 2.45) is 0 Å². The first-order valence-electron chi connectivity index (χ1n) is 12.2. The fourth-order valence-corrected chi connectivity index (χ4v) is 4.97. The number of hydrogen-bond acceptors (Lipinski definition) is 8. The Labute approximate surface area is 211 Å². The van der Waals surface area contributed by atoms with Gasteiger partial charge in [0.05, 0.1) is 30.6 Å². The fourth-order valence-electron chi connectivity index (χ4n) is 4.97. The maximum atomic E-state index is 15.0.